The first-order chi connectivity index (χ1) is 10.9. The second-order valence-electron chi connectivity index (χ2n) is 8.37. The molecule has 0 spiro atoms. The zero-order valence-electron chi connectivity index (χ0n) is 16.0. The Bertz CT molecular complexity index is 476. The highest BCUT2D eigenvalue weighted by molar-refractivity contribution is 6.74. The van der Waals surface area contributed by atoms with Gasteiger partial charge in [-0.15, -0.1) is 0 Å². The molecule has 0 aliphatic carbocycles. The normalized spacial score (nSPS) is 32.5. The summed E-state index contributed by atoms with van der Waals surface area (Å²) in [5.41, 5.74) is 0. The average molecular weight is 362 g/mol. The van der Waals surface area contributed by atoms with Crippen molar-refractivity contribution in [3.63, 3.8) is 0 Å². The molecule has 0 unspecified atom stereocenters. The van der Waals surface area contributed by atoms with Gasteiger partial charge in [-0.3, -0.25) is 5.32 Å². The van der Waals surface area contributed by atoms with Crippen molar-refractivity contribution in [2.75, 3.05) is 13.7 Å². The summed E-state index contributed by atoms with van der Waals surface area (Å²) in [7, 11) is -0.586. The number of hydrogen-bond acceptors (Lipinski definition) is 6. The van der Waals surface area contributed by atoms with Gasteiger partial charge >= 0.3 is 6.09 Å². The van der Waals surface area contributed by atoms with E-state index in [9.17, 15) is 4.79 Å². The van der Waals surface area contributed by atoms with Gasteiger partial charge in [-0.2, -0.15) is 0 Å². The minimum Gasteiger partial charge on any atom is -0.453 e. The Morgan fingerprint density at radius 3 is 2.33 bits per heavy atom. The quantitative estimate of drug-likeness (QED) is 0.776. The topological polar surface area (TPSA) is 75.3 Å². The first-order valence-corrected chi connectivity index (χ1v) is 11.3. The molecule has 0 saturated carbocycles. The van der Waals surface area contributed by atoms with Gasteiger partial charge in [0.15, 0.2) is 20.3 Å². The molecule has 2 aliphatic rings. The second kappa shape index (κ2) is 6.57. The first-order valence-electron chi connectivity index (χ1n) is 8.36. The molecule has 140 valence electrons. The summed E-state index contributed by atoms with van der Waals surface area (Å²) in [6.07, 6.45) is -2.14. The molecule has 0 aromatic rings. The van der Waals surface area contributed by atoms with E-state index in [4.69, 9.17) is 18.6 Å². The van der Waals surface area contributed by atoms with Crippen molar-refractivity contribution in [3.8, 4) is 0 Å². The van der Waals surface area contributed by atoms with Crippen LogP contribution in [0.2, 0.25) is 18.1 Å². The molecule has 0 aromatic carbocycles. The Hall–Kier alpha value is -0.673. The van der Waals surface area contributed by atoms with E-state index in [2.05, 4.69) is 43.9 Å². The Morgan fingerprint density at radius 1 is 1.21 bits per heavy atom. The predicted molar refractivity (Wildman–Crippen MR) is 91.2 cm³/mol. The fourth-order valence-electron chi connectivity index (χ4n) is 2.61. The molecule has 2 rings (SSSR count). The lowest BCUT2D eigenvalue weighted by molar-refractivity contribution is -0.192. The summed E-state index contributed by atoms with van der Waals surface area (Å²) >= 11 is 0. The van der Waals surface area contributed by atoms with Crippen LogP contribution in [0.4, 0.5) is 4.79 Å². The predicted octanol–water partition coefficient (Wildman–Crippen LogP) is 2.61. The van der Waals surface area contributed by atoms with Crippen LogP contribution in [0.3, 0.4) is 0 Å². The fraction of sp³-hybridized carbons (Fsp3) is 0.938. The van der Waals surface area contributed by atoms with E-state index in [1.807, 2.05) is 13.8 Å². The standard InChI is InChI=1S/C16H31NO6Si/c1-15(2,3)24(7,8)20-9-10-11-12(23-16(4,5)22-11)13(21-10)17-14(18)19-6/h10-13H,9H2,1-8H3,(H,17,18)/t10-,11-,12-,13-/m1/s1. The number of fused-ring (bicyclic) bond motifs is 1. The van der Waals surface area contributed by atoms with Gasteiger partial charge in [0.1, 0.15) is 18.3 Å². The second-order valence-corrected chi connectivity index (χ2v) is 13.2. The molecule has 7 nitrogen and oxygen atoms in total. The molecule has 0 aromatic heterocycles. The smallest absolute Gasteiger partial charge is 0.408 e. The highest BCUT2D eigenvalue weighted by atomic mass is 28.4. The molecular weight excluding hydrogens is 330 g/mol. The molecule has 1 amide bonds. The summed E-state index contributed by atoms with van der Waals surface area (Å²) in [5.74, 6) is -0.718. The highest BCUT2D eigenvalue weighted by Gasteiger charge is 2.56. The van der Waals surface area contributed by atoms with Gasteiger partial charge < -0.3 is 23.4 Å². The number of carbonyl (C=O) groups excluding carboxylic acids is 1. The number of amides is 1. The van der Waals surface area contributed by atoms with E-state index in [1.165, 1.54) is 7.11 Å². The van der Waals surface area contributed by atoms with E-state index < -0.39 is 26.4 Å². The lowest BCUT2D eigenvalue weighted by Crippen LogP contribution is -2.44. The SMILES string of the molecule is COC(=O)N[C@@H]1O[C@H](CO[Si](C)(C)C(C)(C)C)[C@H]2OC(C)(C)O[C@H]21. The molecule has 0 bridgehead atoms. The highest BCUT2D eigenvalue weighted by Crippen LogP contribution is 2.40. The van der Waals surface area contributed by atoms with Crippen LogP contribution in [0.1, 0.15) is 34.6 Å². The summed E-state index contributed by atoms with van der Waals surface area (Å²) in [6.45, 7) is 15.1. The van der Waals surface area contributed by atoms with Crippen LogP contribution in [-0.2, 0) is 23.4 Å². The monoisotopic (exact) mass is 361 g/mol. The van der Waals surface area contributed by atoms with Crippen LogP contribution < -0.4 is 5.32 Å². The molecule has 4 atom stereocenters. The van der Waals surface area contributed by atoms with Gasteiger partial charge in [0.05, 0.1) is 13.7 Å². The van der Waals surface area contributed by atoms with E-state index >= 15 is 0 Å². The van der Waals surface area contributed by atoms with Crippen LogP contribution in [-0.4, -0.2) is 58.5 Å². The third-order valence-corrected chi connectivity index (χ3v) is 9.51. The van der Waals surface area contributed by atoms with Gasteiger partial charge in [0, 0.05) is 0 Å². The van der Waals surface area contributed by atoms with E-state index in [0.29, 0.717) is 6.61 Å². The number of methoxy groups -OCH3 is 1. The molecule has 2 fully saturated rings. The molecule has 8 heteroatoms. The van der Waals surface area contributed by atoms with Crippen LogP contribution in [0, 0.1) is 0 Å². The number of rotatable bonds is 4. The lowest BCUT2D eigenvalue weighted by Gasteiger charge is -2.37. The van der Waals surface area contributed by atoms with E-state index in [0.717, 1.165) is 0 Å². The number of nitrogens with one attached hydrogen (secondary N) is 1. The first kappa shape index (κ1) is 19.6. The number of ether oxygens (including phenoxy) is 4. The summed E-state index contributed by atoms with van der Waals surface area (Å²) in [4.78, 5) is 11.5. The Morgan fingerprint density at radius 2 is 1.79 bits per heavy atom. The maximum absolute atomic E-state index is 11.5. The summed E-state index contributed by atoms with van der Waals surface area (Å²) in [5, 5.41) is 2.77. The van der Waals surface area contributed by atoms with Crippen molar-refractivity contribution >= 4 is 14.4 Å². The molecule has 2 heterocycles. The maximum atomic E-state index is 11.5. The van der Waals surface area contributed by atoms with E-state index in [-0.39, 0.29) is 23.4 Å². The fourth-order valence-corrected chi connectivity index (χ4v) is 3.63. The zero-order chi connectivity index (χ0) is 18.3. The molecule has 1 N–H and O–H groups in total. The largest absolute Gasteiger partial charge is 0.453 e. The molecule has 2 saturated heterocycles. The van der Waals surface area contributed by atoms with Crippen molar-refractivity contribution in [2.45, 2.75) is 83.1 Å². The third-order valence-electron chi connectivity index (χ3n) is 5.01. The third kappa shape index (κ3) is 4.11. The van der Waals surface area contributed by atoms with Crippen molar-refractivity contribution in [3.05, 3.63) is 0 Å². The van der Waals surface area contributed by atoms with Crippen LogP contribution in [0.5, 0.6) is 0 Å². The zero-order valence-corrected chi connectivity index (χ0v) is 17.0. The average Bonchev–Trinajstić information content (AvgIpc) is 2.90. The lowest BCUT2D eigenvalue weighted by atomic mass is 10.1. The van der Waals surface area contributed by atoms with Gasteiger partial charge in [-0.05, 0) is 32.0 Å². The minimum absolute atomic E-state index is 0.112. The molecule has 0 radical (unpaired) electrons. The van der Waals surface area contributed by atoms with Gasteiger partial charge in [0.2, 0.25) is 0 Å². The van der Waals surface area contributed by atoms with Crippen molar-refractivity contribution in [1.29, 1.82) is 0 Å². The van der Waals surface area contributed by atoms with Crippen molar-refractivity contribution in [1.82, 2.24) is 5.32 Å². The number of alkyl carbamates (subject to hydrolysis) is 1. The van der Waals surface area contributed by atoms with Gasteiger partial charge in [-0.25, -0.2) is 4.79 Å². The van der Waals surface area contributed by atoms with Gasteiger partial charge in [-0.1, -0.05) is 20.8 Å². The van der Waals surface area contributed by atoms with Crippen LogP contribution >= 0.6 is 0 Å². The van der Waals surface area contributed by atoms with E-state index in [1.54, 1.807) is 0 Å². The van der Waals surface area contributed by atoms with Crippen molar-refractivity contribution < 1.29 is 28.2 Å². The number of hydrogen-bond donors (Lipinski definition) is 1. The van der Waals surface area contributed by atoms with Gasteiger partial charge in [0.25, 0.3) is 0 Å². The summed E-state index contributed by atoms with van der Waals surface area (Å²) in [6, 6.07) is 0. The Balaban J connectivity index is 2.06. The molecule has 24 heavy (non-hydrogen) atoms. The molecule has 2 aliphatic heterocycles. The Kier molecular flexibility index (Phi) is 5.38. The van der Waals surface area contributed by atoms with Crippen molar-refractivity contribution in [2.24, 2.45) is 0 Å². The Labute approximate surface area is 145 Å². The summed E-state index contributed by atoms with van der Waals surface area (Å²) < 4.78 is 28.7. The maximum Gasteiger partial charge on any atom is 0.408 e. The van der Waals surface area contributed by atoms with Crippen LogP contribution in [0.25, 0.3) is 0 Å². The van der Waals surface area contributed by atoms with Crippen LogP contribution in [0.15, 0.2) is 0 Å². The molecular formula is C16H31NO6Si. The minimum atomic E-state index is -1.90. The number of carbonyl (C=O) groups is 1.